The first-order chi connectivity index (χ1) is 27.0. The number of benzene rings is 3. The zero-order chi connectivity index (χ0) is 38.9. The Bertz CT molecular complexity index is 2470. The Labute approximate surface area is 356 Å². The van der Waals surface area contributed by atoms with Crippen LogP contribution in [0.3, 0.4) is 0 Å². The first-order valence-corrected chi connectivity index (χ1v) is 28.1. The normalized spacial score (nSPS) is 14.8. The molecule has 4 heterocycles. The van der Waals surface area contributed by atoms with Gasteiger partial charge in [0.2, 0.25) is 5.71 Å². The molecule has 1 radical (unpaired) electrons. The van der Waals surface area contributed by atoms with Crippen LogP contribution in [0.25, 0.3) is 55.8 Å². The number of furan rings is 1. The number of aromatic nitrogens is 3. The molecule has 0 saturated heterocycles. The van der Waals surface area contributed by atoms with Crippen molar-refractivity contribution in [2.75, 3.05) is 0 Å². The van der Waals surface area contributed by atoms with Gasteiger partial charge in [0.25, 0.3) is 0 Å². The Morgan fingerprint density at radius 3 is 2.32 bits per heavy atom. The molecule has 295 valence electrons. The van der Waals surface area contributed by atoms with Crippen molar-refractivity contribution in [3.8, 4) is 33.8 Å². The average molecular weight is 991 g/mol. The second-order valence-electron chi connectivity index (χ2n) is 18.2. The molecular weight excluding hydrogens is 935 g/mol. The molecule has 0 N–H and O–H groups in total. The Morgan fingerprint density at radius 2 is 1.54 bits per heavy atom. The summed E-state index contributed by atoms with van der Waals surface area (Å²) in [5.74, 6) is 8.14. The van der Waals surface area contributed by atoms with Crippen molar-refractivity contribution in [2.45, 2.75) is 108 Å². The summed E-state index contributed by atoms with van der Waals surface area (Å²) in [5.41, 5.74) is 13.7. The fourth-order valence-corrected chi connectivity index (χ4v) is 12.1. The minimum atomic E-state index is -1.94. The van der Waals surface area contributed by atoms with Crippen molar-refractivity contribution in [3.63, 3.8) is 0 Å². The SMILES string of the molecule is CC(C)(C)Cc1cc(-c2[c-]ccc(C3CCCCC3)c2)nc[c]1[Ge]([CH3])([CH3])[CH3].[Ir].[c-]1ccc2c(oc3nc(-c4ccccc4)ccc32)c1-c1nccc2c1CCCC2. The number of pyridine rings is 3. The average Bonchev–Trinajstić information content (AvgIpc) is 3.59. The molecule has 2 aliphatic carbocycles. The van der Waals surface area contributed by atoms with E-state index in [0.717, 1.165) is 69.7 Å². The van der Waals surface area contributed by atoms with Crippen LogP contribution in [-0.2, 0) is 39.4 Å². The topological polar surface area (TPSA) is 51.8 Å². The Hall–Kier alpha value is -3.90. The molecule has 1 saturated carbocycles. The fourth-order valence-electron chi connectivity index (χ4n) is 8.81. The Balaban J connectivity index is 0.000000172. The van der Waals surface area contributed by atoms with Crippen molar-refractivity contribution in [2.24, 2.45) is 5.41 Å². The van der Waals surface area contributed by atoms with E-state index in [-0.39, 0.29) is 25.5 Å². The zero-order valence-electron chi connectivity index (χ0n) is 34.5. The third kappa shape index (κ3) is 9.38. The molecule has 0 unspecified atom stereocenters. The molecule has 0 amide bonds. The van der Waals surface area contributed by atoms with Gasteiger partial charge in [0.1, 0.15) is 0 Å². The van der Waals surface area contributed by atoms with Gasteiger partial charge in [-0.2, -0.15) is 0 Å². The first-order valence-electron chi connectivity index (χ1n) is 20.8. The molecule has 0 bridgehead atoms. The second-order valence-corrected chi connectivity index (χ2v) is 28.8. The minimum Gasteiger partial charge on any atom is -0.486 e. The van der Waals surface area contributed by atoms with E-state index < -0.39 is 13.3 Å². The van der Waals surface area contributed by atoms with Crippen molar-refractivity contribution >= 4 is 39.7 Å². The molecule has 0 spiro atoms. The van der Waals surface area contributed by atoms with Crippen LogP contribution in [0, 0.1) is 17.5 Å². The van der Waals surface area contributed by atoms with Crippen molar-refractivity contribution < 1.29 is 24.5 Å². The largest absolute Gasteiger partial charge is 0.486 e. The van der Waals surface area contributed by atoms with E-state index in [9.17, 15) is 0 Å². The summed E-state index contributed by atoms with van der Waals surface area (Å²) >= 11 is -1.94. The van der Waals surface area contributed by atoms with Crippen molar-refractivity contribution in [1.82, 2.24) is 15.0 Å². The molecule has 4 nitrogen and oxygen atoms in total. The molecule has 6 heteroatoms. The number of nitrogens with zero attached hydrogens (tertiary/aromatic N) is 3. The van der Waals surface area contributed by atoms with Crippen LogP contribution in [0.4, 0.5) is 0 Å². The molecule has 4 aromatic heterocycles. The number of hydrogen-bond acceptors (Lipinski definition) is 4. The predicted octanol–water partition coefficient (Wildman–Crippen LogP) is 13.1. The monoisotopic (exact) mass is 992 g/mol. The van der Waals surface area contributed by atoms with E-state index in [1.165, 1.54) is 72.8 Å². The third-order valence-electron chi connectivity index (χ3n) is 11.6. The van der Waals surface area contributed by atoms with Gasteiger partial charge in [0.05, 0.1) is 11.3 Å². The Kier molecular flexibility index (Phi) is 12.7. The summed E-state index contributed by atoms with van der Waals surface area (Å²) in [4.78, 5) is 14.4. The molecule has 3 aromatic carbocycles. The van der Waals surface area contributed by atoms with Gasteiger partial charge in [0, 0.05) is 37.3 Å². The maximum atomic E-state index is 6.31. The van der Waals surface area contributed by atoms with Crippen LogP contribution in [-0.4, -0.2) is 28.2 Å². The molecule has 0 aliphatic heterocycles. The molecule has 2 aliphatic rings. The van der Waals surface area contributed by atoms with Crippen LogP contribution in [0.2, 0.25) is 17.3 Å². The quantitative estimate of drug-likeness (QED) is 0.123. The first kappa shape index (κ1) is 41.3. The third-order valence-corrected chi connectivity index (χ3v) is 15.9. The molecule has 57 heavy (non-hydrogen) atoms. The Morgan fingerprint density at radius 1 is 0.772 bits per heavy atom. The van der Waals surface area contributed by atoms with Gasteiger partial charge in [-0.3, -0.25) is 0 Å². The van der Waals surface area contributed by atoms with E-state index in [1.54, 1.807) is 4.40 Å². The van der Waals surface area contributed by atoms with Gasteiger partial charge < -0.3 is 9.40 Å². The van der Waals surface area contributed by atoms with Crippen LogP contribution in [0.15, 0.2) is 102 Å². The summed E-state index contributed by atoms with van der Waals surface area (Å²) < 4.78 is 7.86. The van der Waals surface area contributed by atoms with Crippen LogP contribution in [0.5, 0.6) is 0 Å². The summed E-state index contributed by atoms with van der Waals surface area (Å²) in [6, 6.07) is 36.5. The molecule has 0 atom stereocenters. The van der Waals surface area contributed by atoms with Gasteiger partial charge in [-0.25, -0.2) is 4.98 Å². The number of fused-ring (bicyclic) bond motifs is 4. The van der Waals surface area contributed by atoms with Gasteiger partial charge in [-0.15, -0.1) is 18.2 Å². The van der Waals surface area contributed by atoms with Gasteiger partial charge in [-0.1, -0.05) is 52.4 Å². The van der Waals surface area contributed by atoms with E-state index in [0.29, 0.717) is 5.71 Å². The fraction of sp³-hybridized carbons (Fsp3) is 0.353. The van der Waals surface area contributed by atoms with Gasteiger partial charge >= 0.3 is 169 Å². The number of hydrogen-bond donors (Lipinski definition) is 0. The van der Waals surface area contributed by atoms with Gasteiger partial charge in [0.15, 0.2) is 0 Å². The molecular formula is C51H55GeIrN3O-2. The van der Waals surface area contributed by atoms with Crippen LogP contribution < -0.4 is 4.40 Å². The molecule has 7 aromatic rings. The molecule has 1 fully saturated rings. The second kappa shape index (κ2) is 17.5. The number of rotatable bonds is 6. The van der Waals surface area contributed by atoms with Crippen molar-refractivity contribution in [1.29, 1.82) is 0 Å². The van der Waals surface area contributed by atoms with Crippen LogP contribution >= 0.6 is 0 Å². The standard InChI is InChI=1S/C26H19N2O.C25H36GeN.Ir/c1-2-8-18(9-3-1)23-14-13-21-20-11-6-12-22(25(20)29-26(21)28-23)24-19-10-5-4-7-17(19)15-16-27-24;1-25(2,3)17-22-16-24(27-18-23(22)26(4,5)6)21-14-10-13-20(15-21)19-11-8-7-9-12-19;/h1-3,6,8-9,11,13-16H,4-5,7,10H2;10,13,15-16,18-19H,7-9,11-12,17H2,1-6H3;/q2*-1;. The molecule has 9 rings (SSSR count). The maximum Gasteiger partial charge on any atom is 0.216 e. The van der Waals surface area contributed by atoms with Gasteiger partial charge in [-0.05, 0) is 49.6 Å². The zero-order valence-corrected chi connectivity index (χ0v) is 39.0. The smallest absolute Gasteiger partial charge is 0.216 e. The van der Waals surface area contributed by atoms with Crippen molar-refractivity contribution in [3.05, 3.63) is 132 Å². The summed E-state index contributed by atoms with van der Waals surface area (Å²) in [5, 5.41) is 2.09. The van der Waals surface area contributed by atoms with E-state index >= 15 is 0 Å². The van der Waals surface area contributed by atoms with Crippen LogP contribution in [0.1, 0.15) is 93.9 Å². The predicted molar refractivity (Wildman–Crippen MR) is 236 cm³/mol. The summed E-state index contributed by atoms with van der Waals surface area (Å²) in [7, 11) is 0. The summed E-state index contributed by atoms with van der Waals surface area (Å²) in [6.45, 7) is 7.01. The van der Waals surface area contributed by atoms with E-state index in [1.807, 2.05) is 30.5 Å². The number of aryl methyl sites for hydroxylation is 1. The maximum absolute atomic E-state index is 6.31. The van der Waals surface area contributed by atoms with E-state index in [4.69, 9.17) is 19.4 Å². The van der Waals surface area contributed by atoms with E-state index in [2.05, 4.69) is 117 Å². The summed E-state index contributed by atoms with van der Waals surface area (Å²) in [6.07, 6.45) is 16.7. The minimum absolute atomic E-state index is 0.